The van der Waals surface area contributed by atoms with Gasteiger partial charge in [-0.2, -0.15) is 0 Å². The van der Waals surface area contributed by atoms with E-state index in [0.717, 1.165) is 6.07 Å². The van der Waals surface area contributed by atoms with Gasteiger partial charge >= 0.3 is 5.97 Å². The maximum atomic E-state index is 12.3. The number of aromatic nitrogens is 1. The largest absolute Gasteiger partial charge is 0.480 e. The molecule has 0 atom stereocenters. The lowest BCUT2D eigenvalue weighted by Gasteiger charge is -2.08. The van der Waals surface area contributed by atoms with Crippen LogP contribution in [0.25, 0.3) is 0 Å². The first-order chi connectivity index (χ1) is 6.97. The van der Waals surface area contributed by atoms with Crippen LogP contribution in [0, 0.1) is 0 Å². The molecule has 0 saturated carbocycles. The van der Waals surface area contributed by atoms with Crippen LogP contribution < -0.4 is 10.5 Å². The molecule has 1 aromatic rings. The fourth-order valence-corrected chi connectivity index (χ4v) is 0.995. The quantitative estimate of drug-likeness (QED) is 0.798. The Morgan fingerprint density at radius 2 is 2.27 bits per heavy atom. The first kappa shape index (κ1) is 11.2. The number of rotatable bonds is 3. The van der Waals surface area contributed by atoms with Gasteiger partial charge in [-0.3, -0.25) is 0 Å². The van der Waals surface area contributed by atoms with E-state index in [-0.39, 0.29) is 11.6 Å². The molecule has 1 heterocycles. The Labute approximate surface area is 83.5 Å². The van der Waals surface area contributed by atoms with E-state index < -0.39 is 23.7 Å². The minimum absolute atomic E-state index is 0.269. The molecule has 0 aliphatic carbocycles. The standard InChI is InChI=1S/C8H8F2N2O3/c1-15-7-5(11)3(8(13)14)2-4(12-7)6(9)10/h2,6H,11H2,1H3,(H,13,14). The third kappa shape index (κ3) is 2.12. The Bertz CT molecular complexity index is 396. The maximum Gasteiger partial charge on any atom is 0.338 e. The van der Waals surface area contributed by atoms with Gasteiger partial charge in [0.1, 0.15) is 11.4 Å². The van der Waals surface area contributed by atoms with E-state index in [1.165, 1.54) is 7.11 Å². The number of nitrogens with zero attached hydrogens (tertiary/aromatic N) is 1. The average molecular weight is 218 g/mol. The number of anilines is 1. The molecule has 0 spiro atoms. The van der Waals surface area contributed by atoms with E-state index in [1.807, 2.05) is 0 Å². The number of halogens is 2. The van der Waals surface area contributed by atoms with Crippen LogP contribution in [0.1, 0.15) is 22.5 Å². The van der Waals surface area contributed by atoms with E-state index in [0.29, 0.717) is 0 Å². The molecule has 0 radical (unpaired) electrons. The number of carboxylic acid groups (broad SMARTS) is 1. The molecule has 0 aliphatic heterocycles. The van der Waals surface area contributed by atoms with Crippen LogP contribution in [0.5, 0.6) is 5.88 Å². The van der Waals surface area contributed by atoms with Gasteiger partial charge in [-0.25, -0.2) is 18.6 Å². The van der Waals surface area contributed by atoms with Crippen LogP contribution in [-0.4, -0.2) is 23.2 Å². The highest BCUT2D eigenvalue weighted by Crippen LogP contribution is 2.28. The molecule has 15 heavy (non-hydrogen) atoms. The fourth-order valence-electron chi connectivity index (χ4n) is 0.995. The molecule has 0 bridgehead atoms. The highest BCUT2D eigenvalue weighted by molar-refractivity contribution is 5.94. The molecule has 0 fully saturated rings. The van der Waals surface area contributed by atoms with E-state index in [2.05, 4.69) is 9.72 Å². The van der Waals surface area contributed by atoms with Gasteiger partial charge in [0.25, 0.3) is 6.43 Å². The first-order valence-electron chi connectivity index (χ1n) is 3.83. The predicted octanol–water partition coefficient (Wildman–Crippen LogP) is 1.31. The first-order valence-corrected chi connectivity index (χ1v) is 3.83. The minimum Gasteiger partial charge on any atom is -0.480 e. The predicted molar refractivity (Wildman–Crippen MR) is 47.1 cm³/mol. The Balaban J connectivity index is 3.38. The van der Waals surface area contributed by atoms with Gasteiger partial charge in [0.2, 0.25) is 5.88 Å². The number of nitrogens with two attached hydrogens (primary N) is 1. The zero-order chi connectivity index (χ0) is 11.6. The fraction of sp³-hybridized carbons (Fsp3) is 0.250. The van der Waals surface area contributed by atoms with Crippen molar-refractivity contribution in [2.45, 2.75) is 6.43 Å². The summed E-state index contributed by atoms with van der Waals surface area (Å²) in [6.07, 6.45) is -2.88. The number of ether oxygens (including phenoxy) is 1. The van der Waals surface area contributed by atoms with Crippen molar-refractivity contribution in [3.63, 3.8) is 0 Å². The highest BCUT2D eigenvalue weighted by Gasteiger charge is 2.19. The topological polar surface area (TPSA) is 85.4 Å². The summed E-state index contributed by atoms with van der Waals surface area (Å²) < 4.78 is 29.2. The zero-order valence-electron chi connectivity index (χ0n) is 7.70. The van der Waals surface area contributed by atoms with Crippen molar-refractivity contribution in [2.24, 2.45) is 0 Å². The highest BCUT2D eigenvalue weighted by atomic mass is 19.3. The van der Waals surface area contributed by atoms with Crippen molar-refractivity contribution < 1.29 is 23.4 Å². The Morgan fingerprint density at radius 1 is 1.67 bits per heavy atom. The zero-order valence-corrected chi connectivity index (χ0v) is 7.70. The normalized spacial score (nSPS) is 10.4. The summed E-state index contributed by atoms with van der Waals surface area (Å²) in [5, 5.41) is 8.68. The van der Waals surface area contributed by atoms with Gasteiger partial charge in [0.05, 0.1) is 12.7 Å². The van der Waals surface area contributed by atoms with Crippen molar-refractivity contribution in [1.29, 1.82) is 0 Å². The Morgan fingerprint density at radius 3 is 2.67 bits per heavy atom. The summed E-state index contributed by atoms with van der Waals surface area (Å²) >= 11 is 0. The molecule has 0 amide bonds. The molecule has 82 valence electrons. The van der Waals surface area contributed by atoms with E-state index in [9.17, 15) is 13.6 Å². The number of methoxy groups -OCH3 is 1. The van der Waals surface area contributed by atoms with E-state index in [1.54, 1.807) is 0 Å². The number of aromatic carboxylic acids is 1. The number of pyridine rings is 1. The Kier molecular flexibility index (Phi) is 3.03. The lowest BCUT2D eigenvalue weighted by Crippen LogP contribution is -2.08. The van der Waals surface area contributed by atoms with E-state index in [4.69, 9.17) is 10.8 Å². The summed E-state index contributed by atoms with van der Waals surface area (Å²) in [6, 6.07) is 0.727. The summed E-state index contributed by atoms with van der Waals surface area (Å²) in [5.41, 5.74) is 3.95. The van der Waals surface area contributed by atoms with Crippen LogP contribution in [0.3, 0.4) is 0 Å². The van der Waals surface area contributed by atoms with Crippen LogP contribution in [0.4, 0.5) is 14.5 Å². The molecule has 1 aromatic heterocycles. The van der Waals surface area contributed by atoms with Crippen molar-refractivity contribution >= 4 is 11.7 Å². The van der Waals surface area contributed by atoms with E-state index >= 15 is 0 Å². The van der Waals surface area contributed by atoms with Crippen LogP contribution in [0.2, 0.25) is 0 Å². The second kappa shape index (κ2) is 4.07. The lowest BCUT2D eigenvalue weighted by molar-refractivity contribution is 0.0697. The number of carbonyl (C=O) groups is 1. The second-order valence-electron chi connectivity index (χ2n) is 2.62. The number of alkyl halides is 2. The third-order valence-electron chi connectivity index (χ3n) is 1.69. The molecular formula is C8H8F2N2O3. The SMILES string of the molecule is COc1nc(C(F)F)cc(C(=O)O)c1N. The van der Waals surface area contributed by atoms with Gasteiger partial charge in [-0.15, -0.1) is 0 Å². The molecule has 7 heteroatoms. The van der Waals surface area contributed by atoms with Gasteiger partial charge in [0.15, 0.2) is 0 Å². The molecule has 0 aromatic carbocycles. The molecule has 5 nitrogen and oxygen atoms in total. The van der Waals surface area contributed by atoms with Crippen molar-refractivity contribution in [3.8, 4) is 5.88 Å². The minimum atomic E-state index is -2.88. The lowest BCUT2D eigenvalue weighted by atomic mass is 10.2. The van der Waals surface area contributed by atoms with Gasteiger partial charge in [0, 0.05) is 0 Å². The van der Waals surface area contributed by atoms with Gasteiger partial charge in [-0.1, -0.05) is 0 Å². The Hall–Kier alpha value is -1.92. The maximum absolute atomic E-state index is 12.3. The summed E-state index contributed by atoms with van der Waals surface area (Å²) in [5.74, 6) is -1.72. The molecule has 3 N–H and O–H groups in total. The van der Waals surface area contributed by atoms with Crippen molar-refractivity contribution in [2.75, 3.05) is 12.8 Å². The molecular weight excluding hydrogens is 210 g/mol. The molecule has 0 saturated heterocycles. The summed E-state index contributed by atoms with van der Waals surface area (Å²) in [4.78, 5) is 14.0. The van der Waals surface area contributed by atoms with Gasteiger partial charge < -0.3 is 15.6 Å². The summed E-state index contributed by atoms with van der Waals surface area (Å²) in [7, 11) is 1.17. The summed E-state index contributed by atoms with van der Waals surface area (Å²) in [6.45, 7) is 0. The smallest absolute Gasteiger partial charge is 0.338 e. The van der Waals surface area contributed by atoms with Gasteiger partial charge in [-0.05, 0) is 6.07 Å². The molecule has 0 unspecified atom stereocenters. The van der Waals surface area contributed by atoms with Crippen molar-refractivity contribution in [3.05, 3.63) is 17.3 Å². The van der Waals surface area contributed by atoms with Crippen LogP contribution in [0.15, 0.2) is 6.07 Å². The number of hydrogen-bond donors (Lipinski definition) is 2. The molecule has 0 aliphatic rings. The monoisotopic (exact) mass is 218 g/mol. The number of carboxylic acids is 1. The second-order valence-corrected chi connectivity index (χ2v) is 2.62. The van der Waals surface area contributed by atoms with Crippen molar-refractivity contribution in [1.82, 2.24) is 4.98 Å². The molecule has 1 rings (SSSR count). The van der Waals surface area contributed by atoms with Crippen LogP contribution in [-0.2, 0) is 0 Å². The number of hydrogen-bond acceptors (Lipinski definition) is 4. The van der Waals surface area contributed by atoms with Crippen LogP contribution >= 0.6 is 0 Å². The average Bonchev–Trinajstić information content (AvgIpc) is 2.17. The third-order valence-corrected chi connectivity index (χ3v) is 1.69. The number of nitrogen functional groups attached to an aromatic ring is 1.